The number of carbonyl (C=O) groups excluding carboxylic acids is 1. The second kappa shape index (κ2) is 9.10. The summed E-state index contributed by atoms with van der Waals surface area (Å²) in [5.41, 5.74) is 3.62. The fourth-order valence-electron chi connectivity index (χ4n) is 4.00. The van der Waals surface area contributed by atoms with Crippen LogP contribution < -0.4 is 5.32 Å². The number of hydrogen-bond donors (Lipinski definition) is 1. The Balaban J connectivity index is 1.28. The Morgan fingerprint density at radius 1 is 1.30 bits per heavy atom. The van der Waals surface area contributed by atoms with Crippen LogP contribution >= 0.6 is 11.3 Å². The van der Waals surface area contributed by atoms with Gasteiger partial charge in [0.15, 0.2) is 0 Å². The van der Waals surface area contributed by atoms with Crippen LogP contribution in [0.25, 0.3) is 10.7 Å². The third-order valence-electron chi connectivity index (χ3n) is 5.79. The molecule has 3 aromatic rings. The number of thiophene rings is 1. The van der Waals surface area contributed by atoms with Crippen molar-refractivity contribution in [3.05, 3.63) is 58.3 Å². The molecule has 1 saturated heterocycles. The average Bonchev–Trinajstić information content (AvgIpc) is 3.42. The molecule has 1 atom stereocenters. The molecule has 1 fully saturated rings. The number of rotatable bonds is 6. The number of nitrogens with one attached hydrogen (secondary N) is 1. The zero-order chi connectivity index (χ0) is 21.1. The minimum absolute atomic E-state index is 0.0181. The summed E-state index contributed by atoms with van der Waals surface area (Å²) in [6, 6.07) is 10.4. The first kappa shape index (κ1) is 20.8. The Bertz CT molecular complexity index is 991. The van der Waals surface area contributed by atoms with E-state index in [-0.39, 0.29) is 17.9 Å². The highest BCUT2D eigenvalue weighted by atomic mass is 32.1. The van der Waals surface area contributed by atoms with E-state index in [2.05, 4.69) is 59.3 Å². The molecule has 1 aliphatic rings. The molecule has 6 nitrogen and oxygen atoms in total. The molecule has 7 heteroatoms. The Kier molecular flexibility index (Phi) is 6.29. The molecule has 1 N–H and O–H groups in total. The molecule has 1 aromatic carbocycles. The van der Waals surface area contributed by atoms with Crippen molar-refractivity contribution in [2.45, 2.75) is 46.2 Å². The maximum Gasteiger partial charge on any atom is 0.241 e. The molecule has 0 saturated carbocycles. The molecular weight excluding hydrogens is 396 g/mol. The minimum Gasteiger partial charge on any atom is -0.349 e. The molecule has 1 unspecified atom stereocenters. The summed E-state index contributed by atoms with van der Waals surface area (Å²) in [5.74, 6) is 1.48. The third-order valence-corrected chi connectivity index (χ3v) is 6.65. The molecule has 0 spiro atoms. The molecule has 0 radical (unpaired) electrons. The van der Waals surface area contributed by atoms with Gasteiger partial charge in [-0.1, -0.05) is 35.0 Å². The van der Waals surface area contributed by atoms with Crippen molar-refractivity contribution in [1.29, 1.82) is 0 Å². The Morgan fingerprint density at radius 3 is 2.83 bits per heavy atom. The average molecular weight is 425 g/mol. The van der Waals surface area contributed by atoms with Gasteiger partial charge in [-0.15, -0.1) is 11.3 Å². The normalized spacial score (nSPS) is 16.5. The van der Waals surface area contributed by atoms with Gasteiger partial charge in [-0.25, -0.2) is 0 Å². The smallest absolute Gasteiger partial charge is 0.241 e. The van der Waals surface area contributed by atoms with Crippen LogP contribution in [0, 0.1) is 19.8 Å². The number of amides is 1. The summed E-state index contributed by atoms with van der Waals surface area (Å²) in [7, 11) is 0. The van der Waals surface area contributed by atoms with Crippen molar-refractivity contribution >= 4 is 17.2 Å². The van der Waals surface area contributed by atoms with Gasteiger partial charge in [-0.2, -0.15) is 4.98 Å². The molecule has 0 bridgehead atoms. The number of piperidine rings is 1. The van der Waals surface area contributed by atoms with E-state index in [1.54, 1.807) is 11.3 Å². The molecule has 1 aliphatic heterocycles. The van der Waals surface area contributed by atoms with E-state index >= 15 is 0 Å². The monoisotopic (exact) mass is 424 g/mol. The van der Waals surface area contributed by atoms with Gasteiger partial charge in [0.25, 0.3) is 0 Å². The van der Waals surface area contributed by atoms with Crippen LogP contribution in [0.15, 0.2) is 40.2 Å². The Morgan fingerprint density at radius 2 is 2.10 bits per heavy atom. The van der Waals surface area contributed by atoms with E-state index in [0.717, 1.165) is 30.8 Å². The number of hydrogen-bond acceptors (Lipinski definition) is 6. The van der Waals surface area contributed by atoms with E-state index in [1.807, 2.05) is 17.5 Å². The van der Waals surface area contributed by atoms with Crippen LogP contribution in [-0.4, -0.2) is 34.0 Å². The summed E-state index contributed by atoms with van der Waals surface area (Å²) in [6.45, 7) is 8.58. The first-order valence-electron chi connectivity index (χ1n) is 10.5. The number of nitrogens with zero attached hydrogens (tertiary/aromatic N) is 3. The lowest BCUT2D eigenvalue weighted by atomic mass is 9.94. The summed E-state index contributed by atoms with van der Waals surface area (Å²) in [6.07, 6.45) is 1.69. The van der Waals surface area contributed by atoms with Gasteiger partial charge >= 0.3 is 0 Å². The predicted octanol–water partition coefficient (Wildman–Crippen LogP) is 4.50. The molecule has 30 heavy (non-hydrogen) atoms. The molecule has 1 amide bonds. The standard InChI is InChI=1S/C23H28N4O2S/c1-15-6-7-16(2)19(13-15)17(3)24-23(28)18-8-10-27(11-9-18)14-21-25-22(26-29-21)20-5-4-12-30-20/h4-7,12-13,17-18H,8-11,14H2,1-3H3,(H,24,28). The number of aromatic nitrogens is 2. The summed E-state index contributed by atoms with van der Waals surface area (Å²) in [4.78, 5) is 20.6. The highest BCUT2D eigenvalue weighted by molar-refractivity contribution is 7.13. The van der Waals surface area contributed by atoms with E-state index < -0.39 is 0 Å². The van der Waals surface area contributed by atoms with Crippen molar-refractivity contribution in [1.82, 2.24) is 20.4 Å². The Hall–Kier alpha value is -2.51. The first-order valence-corrected chi connectivity index (χ1v) is 11.3. The van der Waals surface area contributed by atoms with Gasteiger partial charge in [0.1, 0.15) is 0 Å². The second-order valence-corrected chi connectivity index (χ2v) is 9.08. The van der Waals surface area contributed by atoms with E-state index in [1.165, 1.54) is 16.7 Å². The van der Waals surface area contributed by atoms with Crippen LogP contribution in [0.5, 0.6) is 0 Å². The highest BCUT2D eigenvalue weighted by Gasteiger charge is 2.27. The van der Waals surface area contributed by atoms with E-state index in [4.69, 9.17) is 4.52 Å². The number of likely N-dealkylation sites (tertiary alicyclic amines) is 1. The van der Waals surface area contributed by atoms with Crippen molar-refractivity contribution in [3.63, 3.8) is 0 Å². The van der Waals surface area contributed by atoms with Gasteiger partial charge in [-0.3, -0.25) is 9.69 Å². The van der Waals surface area contributed by atoms with Crippen LogP contribution in [0.1, 0.15) is 48.4 Å². The minimum atomic E-state index is 0.0181. The van der Waals surface area contributed by atoms with Gasteiger partial charge in [0.05, 0.1) is 17.5 Å². The third kappa shape index (κ3) is 4.79. The van der Waals surface area contributed by atoms with Crippen LogP contribution in [-0.2, 0) is 11.3 Å². The molecule has 4 rings (SSSR count). The van der Waals surface area contributed by atoms with Crippen LogP contribution in [0.4, 0.5) is 0 Å². The highest BCUT2D eigenvalue weighted by Crippen LogP contribution is 2.24. The zero-order valence-corrected chi connectivity index (χ0v) is 18.5. The fourth-order valence-corrected chi connectivity index (χ4v) is 4.65. The maximum atomic E-state index is 12.8. The number of aryl methyl sites for hydroxylation is 2. The second-order valence-electron chi connectivity index (χ2n) is 8.13. The fraction of sp³-hybridized carbons (Fsp3) is 0.435. The van der Waals surface area contributed by atoms with Crippen LogP contribution in [0.3, 0.4) is 0 Å². The lowest BCUT2D eigenvalue weighted by Gasteiger charge is -2.31. The largest absolute Gasteiger partial charge is 0.349 e. The van der Waals surface area contributed by atoms with Crippen molar-refractivity contribution < 1.29 is 9.32 Å². The van der Waals surface area contributed by atoms with Crippen molar-refractivity contribution in [2.75, 3.05) is 13.1 Å². The number of benzene rings is 1. The Labute approximate surface area is 181 Å². The topological polar surface area (TPSA) is 71.3 Å². The van der Waals surface area contributed by atoms with Gasteiger partial charge in [0, 0.05) is 5.92 Å². The molecular formula is C23H28N4O2S. The molecule has 0 aliphatic carbocycles. The lowest BCUT2D eigenvalue weighted by molar-refractivity contribution is -0.127. The summed E-state index contributed by atoms with van der Waals surface area (Å²) >= 11 is 1.60. The quantitative estimate of drug-likeness (QED) is 0.631. The lowest BCUT2D eigenvalue weighted by Crippen LogP contribution is -2.41. The predicted molar refractivity (Wildman–Crippen MR) is 118 cm³/mol. The van der Waals surface area contributed by atoms with Crippen molar-refractivity contribution in [2.24, 2.45) is 5.92 Å². The van der Waals surface area contributed by atoms with Gasteiger partial charge < -0.3 is 9.84 Å². The first-order chi connectivity index (χ1) is 14.5. The zero-order valence-electron chi connectivity index (χ0n) is 17.7. The SMILES string of the molecule is Cc1ccc(C)c(C(C)NC(=O)C2CCN(Cc3nc(-c4cccs4)no3)CC2)c1. The van der Waals surface area contributed by atoms with E-state index in [0.29, 0.717) is 18.3 Å². The van der Waals surface area contributed by atoms with Crippen molar-refractivity contribution in [3.8, 4) is 10.7 Å². The molecule has 3 heterocycles. The summed E-state index contributed by atoms with van der Waals surface area (Å²) in [5, 5.41) is 9.30. The van der Waals surface area contributed by atoms with E-state index in [9.17, 15) is 4.79 Å². The van der Waals surface area contributed by atoms with Gasteiger partial charge in [-0.05, 0) is 69.3 Å². The van der Waals surface area contributed by atoms with Crippen LogP contribution in [0.2, 0.25) is 0 Å². The molecule has 158 valence electrons. The number of carbonyl (C=O) groups is 1. The summed E-state index contributed by atoms with van der Waals surface area (Å²) < 4.78 is 5.41. The van der Waals surface area contributed by atoms with Gasteiger partial charge in [0.2, 0.25) is 17.6 Å². The maximum absolute atomic E-state index is 12.8. The molecule has 2 aromatic heterocycles.